The van der Waals surface area contributed by atoms with Crippen molar-refractivity contribution in [2.24, 2.45) is 11.8 Å². The number of nitrogens with one attached hydrogen (secondary N) is 1. The summed E-state index contributed by atoms with van der Waals surface area (Å²) in [7, 11) is 1.19. The summed E-state index contributed by atoms with van der Waals surface area (Å²) in [5.74, 6) is 0.524. The molecule has 1 saturated carbocycles. The van der Waals surface area contributed by atoms with Crippen LogP contribution < -0.4 is 5.32 Å². The molecule has 6 heteroatoms. The molecule has 0 radical (unpaired) electrons. The van der Waals surface area contributed by atoms with Gasteiger partial charge in [-0.1, -0.05) is 26.7 Å². The van der Waals surface area contributed by atoms with Gasteiger partial charge in [0, 0.05) is 13.1 Å². The molecule has 118 valence electrons. The smallest absolute Gasteiger partial charge is 0.336 e. The molecule has 0 aromatic heterocycles. The van der Waals surface area contributed by atoms with Crippen molar-refractivity contribution in [3.8, 4) is 0 Å². The van der Waals surface area contributed by atoms with Crippen LogP contribution in [0.3, 0.4) is 0 Å². The van der Waals surface area contributed by atoms with Gasteiger partial charge in [0.15, 0.2) is 0 Å². The van der Waals surface area contributed by atoms with Gasteiger partial charge in [-0.15, -0.1) is 0 Å². The first-order valence-electron chi connectivity index (χ1n) is 7.25. The van der Waals surface area contributed by atoms with E-state index in [0.29, 0.717) is 11.8 Å². The summed E-state index contributed by atoms with van der Waals surface area (Å²) >= 11 is 0. The van der Waals surface area contributed by atoms with E-state index in [1.807, 2.05) is 0 Å². The number of carbonyl (C=O) groups excluding carboxylic acids is 1. The maximum Gasteiger partial charge on any atom is 0.406 e. The van der Waals surface area contributed by atoms with Gasteiger partial charge in [0.1, 0.15) is 6.54 Å². The van der Waals surface area contributed by atoms with Crippen molar-refractivity contribution in [2.45, 2.75) is 51.7 Å². The Labute approximate surface area is 118 Å². The molecular weight excluding hydrogens is 269 g/mol. The zero-order valence-electron chi connectivity index (χ0n) is 12.5. The number of carbonyl (C=O) groups is 1. The highest BCUT2D eigenvalue weighted by molar-refractivity contribution is 5.78. The highest BCUT2D eigenvalue weighted by atomic mass is 19.4. The van der Waals surface area contributed by atoms with Gasteiger partial charge in [0.25, 0.3) is 0 Å². The minimum atomic E-state index is -4.34. The molecule has 1 rings (SSSR count). The van der Waals surface area contributed by atoms with E-state index in [4.69, 9.17) is 0 Å². The summed E-state index contributed by atoms with van der Waals surface area (Å²) in [4.78, 5) is 12.4. The van der Waals surface area contributed by atoms with Gasteiger partial charge >= 0.3 is 6.18 Å². The summed E-state index contributed by atoms with van der Waals surface area (Å²) in [6, 6.07) is 0.243. The molecule has 0 heterocycles. The second-order valence-electron chi connectivity index (χ2n) is 6.04. The first-order valence-corrected chi connectivity index (χ1v) is 7.25. The normalized spacial score (nSPS) is 23.9. The summed E-state index contributed by atoms with van der Waals surface area (Å²) in [5, 5.41) is 3.16. The molecule has 0 saturated heterocycles. The largest absolute Gasteiger partial charge is 0.406 e. The topological polar surface area (TPSA) is 32.3 Å². The van der Waals surface area contributed by atoms with Gasteiger partial charge in [0.05, 0.1) is 6.54 Å². The molecule has 0 unspecified atom stereocenters. The zero-order chi connectivity index (χ0) is 15.3. The number of amides is 1. The van der Waals surface area contributed by atoms with Crippen molar-refractivity contribution in [1.29, 1.82) is 0 Å². The van der Waals surface area contributed by atoms with E-state index >= 15 is 0 Å². The fraction of sp³-hybridized carbons (Fsp3) is 0.929. The summed E-state index contributed by atoms with van der Waals surface area (Å²) in [6.07, 6.45) is 0.104. The molecule has 0 aromatic rings. The van der Waals surface area contributed by atoms with E-state index < -0.39 is 18.6 Å². The molecule has 0 aromatic carbocycles. The van der Waals surface area contributed by atoms with Crippen LogP contribution in [0.1, 0.15) is 39.5 Å². The Balaban J connectivity index is 2.42. The van der Waals surface area contributed by atoms with Gasteiger partial charge in [-0.3, -0.25) is 4.79 Å². The monoisotopic (exact) mass is 294 g/mol. The maximum absolute atomic E-state index is 12.2. The van der Waals surface area contributed by atoms with Crippen molar-refractivity contribution in [3.05, 3.63) is 0 Å². The number of hydrogen-bond acceptors (Lipinski definition) is 2. The van der Waals surface area contributed by atoms with E-state index in [0.717, 1.165) is 24.2 Å². The predicted octanol–water partition coefficient (Wildman–Crippen LogP) is 2.81. The van der Waals surface area contributed by atoms with Crippen LogP contribution in [0, 0.1) is 11.8 Å². The van der Waals surface area contributed by atoms with Crippen molar-refractivity contribution >= 4 is 5.91 Å². The first-order chi connectivity index (χ1) is 9.20. The van der Waals surface area contributed by atoms with Crippen molar-refractivity contribution in [2.75, 3.05) is 20.1 Å². The van der Waals surface area contributed by atoms with E-state index in [9.17, 15) is 18.0 Å². The molecule has 1 N–H and O–H groups in total. The third-order valence-electron chi connectivity index (χ3n) is 4.03. The Morgan fingerprint density at radius 3 is 2.45 bits per heavy atom. The molecule has 1 amide bonds. The van der Waals surface area contributed by atoms with Crippen molar-refractivity contribution < 1.29 is 18.0 Å². The van der Waals surface area contributed by atoms with Gasteiger partial charge in [-0.2, -0.15) is 13.2 Å². The molecule has 1 fully saturated rings. The minimum absolute atomic E-state index is 0.0134. The summed E-state index contributed by atoms with van der Waals surface area (Å²) in [5.41, 5.74) is 0. The third kappa shape index (κ3) is 5.69. The van der Waals surface area contributed by atoms with Crippen LogP contribution in [0.25, 0.3) is 0 Å². The number of nitrogens with zero attached hydrogens (tertiary/aromatic N) is 1. The zero-order valence-corrected chi connectivity index (χ0v) is 12.5. The maximum atomic E-state index is 12.2. The Kier molecular flexibility index (Phi) is 6.30. The van der Waals surface area contributed by atoms with Gasteiger partial charge < -0.3 is 10.2 Å². The average molecular weight is 294 g/mol. The van der Waals surface area contributed by atoms with Gasteiger partial charge in [-0.25, -0.2) is 0 Å². The van der Waals surface area contributed by atoms with Crippen molar-refractivity contribution in [3.63, 3.8) is 0 Å². The quantitative estimate of drug-likeness (QED) is 0.845. The number of rotatable bonds is 5. The van der Waals surface area contributed by atoms with Crippen LogP contribution in [-0.4, -0.2) is 43.2 Å². The Morgan fingerprint density at radius 1 is 1.30 bits per heavy atom. The van der Waals surface area contributed by atoms with Gasteiger partial charge in [-0.05, 0) is 24.7 Å². The molecule has 0 aliphatic heterocycles. The number of halogens is 3. The minimum Gasteiger partial charge on any atom is -0.336 e. The average Bonchev–Trinajstić information content (AvgIpc) is 2.34. The first kappa shape index (κ1) is 17.3. The lowest BCUT2D eigenvalue weighted by Crippen LogP contribution is -2.47. The highest BCUT2D eigenvalue weighted by Gasteiger charge is 2.32. The van der Waals surface area contributed by atoms with Crippen LogP contribution in [0.15, 0.2) is 0 Å². The van der Waals surface area contributed by atoms with Crippen LogP contribution in [0.2, 0.25) is 0 Å². The number of hydrogen-bond donors (Lipinski definition) is 1. The van der Waals surface area contributed by atoms with Crippen LogP contribution in [0.5, 0.6) is 0 Å². The fourth-order valence-corrected chi connectivity index (χ4v) is 2.92. The van der Waals surface area contributed by atoms with Crippen LogP contribution in [-0.2, 0) is 4.79 Å². The number of alkyl halides is 3. The molecule has 2 atom stereocenters. The highest BCUT2D eigenvalue weighted by Crippen LogP contribution is 2.30. The molecule has 1 aliphatic rings. The molecule has 0 spiro atoms. The second-order valence-corrected chi connectivity index (χ2v) is 6.04. The summed E-state index contributed by atoms with van der Waals surface area (Å²) < 4.78 is 36.6. The SMILES string of the molecule is CC(C)[C@@H]1CCCC[C@@H]1NCC(=O)N(C)CC(F)(F)F. The fourth-order valence-electron chi connectivity index (χ4n) is 2.92. The van der Waals surface area contributed by atoms with Gasteiger partial charge in [0.2, 0.25) is 5.91 Å². The van der Waals surface area contributed by atoms with Crippen LogP contribution >= 0.6 is 0 Å². The van der Waals surface area contributed by atoms with E-state index in [2.05, 4.69) is 19.2 Å². The van der Waals surface area contributed by atoms with E-state index in [-0.39, 0.29) is 12.6 Å². The van der Waals surface area contributed by atoms with E-state index in [1.165, 1.54) is 13.5 Å². The second kappa shape index (κ2) is 7.29. The Hall–Kier alpha value is -0.780. The molecule has 20 heavy (non-hydrogen) atoms. The van der Waals surface area contributed by atoms with Crippen LogP contribution in [0.4, 0.5) is 13.2 Å². The molecule has 0 bridgehead atoms. The number of likely N-dealkylation sites (N-methyl/N-ethyl adjacent to an activating group) is 1. The van der Waals surface area contributed by atoms with E-state index in [1.54, 1.807) is 0 Å². The Morgan fingerprint density at radius 2 is 1.90 bits per heavy atom. The lowest BCUT2D eigenvalue weighted by Gasteiger charge is -2.35. The molecule has 1 aliphatic carbocycles. The summed E-state index contributed by atoms with van der Waals surface area (Å²) in [6.45, 7) is 3.11. The lowest BCUT2D eigenvalue weighted by molar-refractivity contribution is -0.157. The third-order valence-corrected chi connectivity index (χ3v) is 4.03. The lowest BCUT2D eigenvalue weighted by atomic mass is 9.78. The predicted molar refractivity (Wildman–Crippen MR) is 72.3 cm³/mol. The molecule has 3 nitrogen and oxygen atoms in total. The standard InChI is InChI=1S/C14H25F3N2O/c1-10(2)11-6-4-5-7-12(11)18-8-13(20)19(3)9-14(15,16)17/h10-12,18H,4-9H2,1-3H3/t11-,12-/m0/s1. The molecular formula is C14H25F3N2O. The Bertz CT molecular complexity index is 318. The van der Waals surface area contributed by atoms with Crippen molar-refractivity contribution in [1.82, 2.24) is 10.2 Å².